The lowest BCUT2D eigenvalue weighted by Gasteiger charge is -2.10. The van der Waals surface area contributed by atoms with Crippen molar-refractivity contribution in [3.8, 4) is 17.5 Å². The topological polar surface area (TPSA) is 81.0 Å². The molecule has 134 valence electrons. The number of rotatable bonds is 6. The van der Waals surface area contributed by atoms with Gasteiger partial charge in [-0.1, -0.05) is 30.0 Å². The molecule has 0 spiro atoms. The van der Waals surface area contributed by atoms with E-state index in [9.17, 15) is 5.26 Å². The Morgan fingerprint density at radius 1 is 1.19 bits per heavy atom. The Bertz CT molecular complexity index is 1130. The van der Waals surface area contributed by atoms with Gasteiger partial charge in [0.05, 0.1) is 17.7 Å². The Balaban J connectivity index is 1.63. The smallest absolute Gasteiger partial charge is 0.214 e. The van der Waals surface area contributed by atoms with Crippen LogP contribution >= 0.6 is 11.8 Å². The molecule has 1 aromatic carbocycles. The summed E-state index contributed by atoms with van der Waals surface area (Å²) >= 11 is 1.48. The van der Waals surface area contributed by atoms with Crippen molar-refractivity contribution >= 4 is 17.3 Å². The number of ether oxygens (including phenoxy) is 1. The molecule has 3 heterocycles. The van der Waals surface area contributed by atoms with E-state index in [1.165, 1.54) is 11.8 Å². The fourth-order valence-corrected chi connectivity index (χ4v) is 3.74. The molecule has 8 heteroatoms. The largest absolute Gasteiger partial charge is 0.492 e. The summed E-state index contributed by atoms with van der Waals surface area (Å²) in [6.07, 6.45) is 3.91. The maximum atomic E-state index is 9.56. The summed E-state index contributed by atoms with van der Waals surface area (Å²) in [5.41, 5.74) is 3.31. The normalized spacial score (nSPS) is 10.8. The minimum atomic E-state index is 0.560. The molecule has 27 heavy (non-hydrogen) atoms. The number of aromatic nitrogens is 5. The molecule has 4 aromatic rings. The van der Waals surface area contributed by atoms with Gasteiger partial charge in [0.2, 0.25) is 5.16 Å². The molecule has 0 amide bonds. The highest BCUT2D eigenvalue weighted by molar-refractivity contribution is 7.98. The van der Waals surface area contributed by atoms with Crippen LogP contribution in [0.2, 0.25) is 0 Å². The van der Waals surface area contributed by atoms with Crippen LogP contribution in [0.1, 0.15) is 18.1 Å². The van der Waals surface area contributed by atoms with Crippen molar-refractivity contribution in [1.82, 2.24) is 24.6 Å². The summed E-state index contributed by atoms with van der Waals surface area (Å²) in [5, 5.41) is 22.3. The Labute approximate surface area is 160 Å². The van der Waals surface area contributed by atoms with Crippen LogP contribution in [0, 0.1) is 11.3 Å². The number of nitriles is 1. The lowest BCUT2D eigenvalue weighted by atomic mass is 10.2. The van der Waals surface area contributed by atoms with Crippen LogP contribution in [-0.4, -0.2) is 31.2 Å². The molecule has 7 nitrogen and oxygen atoms in total. The number of benzene rings is 1. The van der Waals surface area contributed by atoms with Crippen LogP contribution in [0.5, 0.6) is 5.75 Å². The molecule has 0 aliphatic carbocycles. The molecule has 0 N–H and O–H groups in total. The summed E-state index contributed by atoms with van der Waals surface area (Å²) in [4.78, 5) is 0. The van der Waals surface area contributed by atoms with Crippen molar-refractivity contribution in [3.63, 3.8) is 0 Å². The summed E-state index contributed by atoms with van der Waals surface area (Å²) in [6.45, 7) is 2.50. The van der Waals surface area contributed by atoms with Gasteiger partial charge in [-0.3, -0.25) is 0 Å². The van der Waals surface area contributed by atoms with Crippen molar-refractivity contribution < 1.29 is 4.74 Å². The number of hydrogen-bond acceptors (Lipinski definition) is 6. The molecular formula is C19H16N6OS. The predicted octanol–water partition coefficient (Wildman–Crippen LogP) is 3.48. The first-order valence-electron chi connectivity index (χ1n) is 8.44. The van der Waals surface area contributed by atoms with Crippen LogP contribution in [0.4, 0.5) is 0 Å². The standard InChI is InChI=1S/C19H16N6OS/c1-2-26-18-9-4-3-8-17(18)25-19(21-22-23-25)27-13-14-12-24-10-6-5-7-16(24)15(14)11-20/h3-10,12H,2,13H2,1H3. The predicted molar refractivity (Wildman–Crippen MR) is 102 cm³/mol. The van der Waals surface area contributed by atoms with E-state index in [0.717, 1.165) is 22.5 Å². The average molecular weight is 376 g/mol. The van der Waals surface area contributed by atoms with Crippen LogP contribution in [-0.2, 0) is 5.75 Å². The van der Waals surface area contributed by atoms with Gasteiger partial charge in [-0.15, -0.1) is 5.10 Å². The third-order valence-electron chi connectivity index (χ3n) is 4.06. The minimum Gasteiger partial charge on any atom is -0.492 e. The van der Waals surface area contributed by atoms with Gasteiger partial charge >= 0.3 is 0 Å². The van der Waals surface area contributed by atoms with E-state index < -0.39 is 0 Å². The van der Waals surface area contributed by atoms with Gasteiger partial charge in [-0.05, 0) is 47.2 Å². The van der Waals surface area contributed by atoms with Crippen molar-refractivity contribution in [1.29, 1.82) is 5.26 Å². The zero-order valence-corrected chi connectivity index (χ0v) is 15.4. The number of hydrogen-bond donors (Lipinski definition) is 0. The fraction of sp³-hybridized carbons (Fsp3) is 0.158. The number of tetrazole rings is 1. The van der Waals surface area contributed by atoms with Gasteiger partial charge in [-0.25, -0.2) is 0 Å². The highest BCUT2D eigenvalue weighted by atomic mass is 32.2. The van der Waals surface area contributed by atoms with E-state index in [4.69, 9.17) is 4.74 Å². The summed E-state index contributed by atoms with van der Waals surface area (Å²) in [5.74, 6) is 1.31. The summed E-state index contributed by atoms with van der Waals surface area (Å²) < 4.78 is 9.31. The third kappa shape index (κ3) is 3.25. The van der Waals surface area contributed by atoms with Gasteiger partial charge < -0.3 is 9.14 Å². The zero-order valence-electron chi connectivity index (χ0n) is 14.6. The highest BCUT2D eigenvalue weighted by Crippen LogP contribution is 2.29. The van der Waals surface area contributed by atoms with Gasteiger partial charge in [0.25, 0.3) is 0 Å². The lowest BCUT2D eigenvalue weighted by Crippen LogP contribution is -2.03. The fourth-order valence-electron chi connectivity index (χ4n) is 2.89. The number of thioether (sulfide) groups is 1. The van der Waals surface area contributed by atoms with Gasteiger partial charge in [-0.2, -0.15) is 9.94 Å². The molecule has 4 rings (SSSR count). The molecule has 0 saturated heterocycles. The second kappa shape index (κ2) is 7.51. The van der Waals surface area contributed by atoms with Crippen LogP contribution < -0.4 is 4.74 Å². The molecule has 0 unspecified atom stereocenters. The number of pyridine rings is 1. The van der Waals surface area contributed by atoms with E-state index >= 15 is 0 Å². The van der Waals surface area contributed by atoms with Crippen molar-refractivity contribution in [2.24, 2.45) is 0 Å². The number of nitrogens with zero attached hydrogens (tertiary/aromatic N) is 6. The Hall–Kier alpha value is -3.31. The van der Waals surface area contributed by atoms with E-state index in [1.807, 2.05) is 66.2 Å². The van der Waals surface area contributed by atoms with E-state index in [1.54, 1.807) is 4.68 Å². The second-order valence-corrected chi connectivity index (χ2v) is 6.64. The van der Waals surface area contributed by atoms with Gasteiger partial charge in [0.1, 0.15) is 17.5 Å². The highest BCUT2D eigenvalue weighted by Gasteiger charge is 2.16. The van der Waals surface area contributed by atoms with Crippen molar-refractivity contribution in [3.05, 3.63) is 66.0 Å². The second-order valence-electron chi connectivity index (χ2n) is 5.70. The molecule has 3 aromatic heterocycles. The Morgan fingerprint density at radius 3 is 2.89 bits per heavy atom. The maximum Gasteiger partial charge on any atom is 0.214 e. The lowest BCUT2D eigenvalue weighted by molar-refractivity contribution is 0.337. The van der Waals surface area contributed by atoms with Gasteiger partial charge in [0.15, 0.2) is 0 Å². The van der Waals surface area contributed by atoms with Crippen LogP contribution in [0.25, 0.3) is 11.2 Å². The average Bonchev–Trinajstić information content (AvgIpc) is 3.30. The molecule has 0 aliphatic rings. The first-order valence-corrected chi connectivity index (χ1v) is 9.42. The first kappa shape index (κ1) is 17.1. The first-order chi connectivity index (χ1) is 13.3. The summed E-state index contributed by atoms with van der Waals surface area (Å²) in [7, 11) is 0. The molecule has 0 radical (unpaired) electrons. The van der Waals surface area contributed by atoms with Crippen molar-refractivity contribution in [2.75, 3.05) is 6.61 Å². The minimum absolute atomic E-state index is 0.560. The van der Waals surface area contributed by atoms with E-state index in [2.05, 4.69) is 21.6 Å². The quantitative estimate of drug-likeness (QED) is 0.479. The van der Waals surface area contributed by atoms with Crippen LogP contribution in [0.3, 0.4) is 0 Å². The van der Waals surface area contributed by atoms with E-state index in [-0.39, 0.29) is 0 Å². The SMILES string of the molecule is CCOc1ccccc1-n1nnnc1SCc1cn2ccccc2c1C#N. The molecule has 0 atom stereocenters. The Morgan fingerprint density at radius 2 is 2.04 bits per heavy atom. The number of para-hydroxylation sites is 2. The van der Waals surface area contributed by atoms with Crippen molar-refractivity contribution in [2.45, 2.75) is 17.8 Å². The van der Waals surface area contributed by atoms with Gasteiger partial charge in [0, 0.05) is 18.1 Å². The summed E-state index contributed by atoms with van der Waals surface area (Å²) in [6, 6.07) is 15.8. The zero-order chi connectivity index (χ0) is 18.6. The third-order valence-corrected chi connectivity index (χ3v) is 5.03. The maximum absolute atomic E-state index is 9.56. The van der Waals surface area contributed by atoms with Crippen LogP contribution in [0.15, 0.2) is 60.0 Å². The number of fused-ring (bicyclic) bond motifs is 1. The molecule has 0 aliphatic heterocycles. The monoisotopic (exact) mass is 376 g/mol. The van der Waals surface area contributed by atoms with E-state index in [0.29, 0.717) is 23.1 Å². The molecular weight excluding hydrogens is 360 g/mol. The molecule has 0 fully saturated rings. The molecule has 0 bridgehead atoms. The molecule has 0 saturated carbocycles. The Kier molecular flexibility index (Phi) is 4.77.